The minimum Gasteiger partial charge on any atom is -0.390 e. The largest absolute Gasteiger partial charge is 0.390 e. The van der Waals surface area contributed by atoms with Crippen LogP contribution in [0.3, 0.4) is 0 Å². The number of hydrogen-bond acceptors (Lipinski definition) is 2. The predicted molar refractivity (Wildman–Crippen MR) is 66.5 cm³/mol. The fourth-order valence-corrected chi connectivity index (χ4v) is 4.90. The summed E-state index contributed by atoms with van der Waals surface area (Å²) in [6.45, 7) is 2.03. The van der Waals surface area contributed by atoms with E-state index in [9.17, 15) is 9.90 Å². The second-order valence-corrected chi connectivity index (χ2v) is 6.83. The van der Waals surface area contributed by atoms with E-state index in [0.717, 1.165) is 38.5 Å². The first kappa shape index (κ1) is 11.7. The van der Waals surface area contributed by atoms with Gasteiger partial charge in [-0.3, -0.25) is 4.79 Å². The second kappa shape index (κ2) is 4.08. The van der Waals surface area contributed by atoms with Crippen LogP contribution in [0.4, 0.5) is 0 Å². The summed E-state index contributed by atoms with van der Waals surface area (Å²) in [6.07, 6.45) is 8.53. The molecule has 5 atom stereocenters. The Balaban J connectivity index is 1.88. The van der Waals surface area contributed by atoms with Gasteiger partial charge in [0.05, 0.1) is 5.60 Å². The summed E-state index contributed by atoms with van der Waals surface area (Å²) >= 11 is 0. The molecule has 1 N–H and O–H groups in total. The monoisotopic (exact) mass is 236 g/mol. The smallest absolute Gasteiger partial charge is 0.136 e. The van der Waals surface area contributed by atoms with E-state index in [2.05, 4.69) is 0 Å². The highest BCUT2D eigenvalue weighted by Crippen LogP contribution is 2.49. The number of Topliss-reactive ketones (excluding diaryl/α,β-unsaturated/α-hetero) is 1. The predicted octanol–water partition coefficient (Wildman–Crippen LogP) is 2.93. The zero-order chi connectivity index (χ0) is 12.0. The third kappa shape index (κ3) is 1.95. The molecule has 96 valence electrons. The van der Waals surface area contributed by atoms with Crippen molar-refractivity contribution in [3.63, 3.8) is 0 Å². The fourth-order valence-electron chi connectivity index (χ4n) is 4.90. The highest BCUT2D eigenvalue weighted by Gasteiger charge is 2.48. The SMILES string of the molecule is C[C@@]1(O)C[C@H]2CCC[C@@H]2C(=O)C[C@H]2CCC[C@@H]21. The number of ketones is 1. The summed E-state index contributed by atoms with van der Waals surface area (Å²) in [4.78, 5) is 12.3. The third-order valence-corrected chi connectivity index (χ3v) is 5.67. The molecule has 0 aromatic carbocycles. The lowest BCUT2D eigenvalue weighted by atomic mass is 9.68. The van der Waals surface area contributed by atoms with E-state index in [0.29, 0.717) is 23.5 Å². The van der Waals surface area contributed by atoms with Crippen LogP contribution in [-0.4, -0.2) is 16.5 Å². The third-order valence-electron chi connectivity index (χ3n) is 5.67. The molecule has 0 unspecified atom stereocenters. The molecule has 0 radical (unpaired) electrons. The van der Waals surface area contributed by atoms with Gasteiger partial charge in [0, 0.05) is 12.3 Å². The minimum atomic E-state index is -0.519. The molecule has 0 aliphatic heterocycles. The van der Waals surface area contributed by atoms with Gasteiger partial charge in [-0.15, -0.1) is 0 Å². The Morgan fingerprint density at radius 2 is 1.82 bits per heavy atom. The van der Waals surface area contributed by atoms with E-state index in [1.807, 2.05) is 6.92 Å². The number of hydrogen-bond donors (Lipinski definition) is 1. The average Bonchev–Trinajstić information content (AvgIpc) is 2.84. The van der Waals surface area contributed by atoms with Crippen molar-refractivity contribution in [1.29, 1.82) is 0 Å². The van der Waals surface area contributed by atoms with Gasteiger partial charge in [-0.05, 0) is 56.8 Å². The van der Waals surface area contributed by atoms with E-state index in [1.165, 1.54) is 12.8 Å². The normalized spacial score (nSPS) is 50.6. The van der Waals surface area contributed by atoms with Gasteiger partial charge in [0.2, 0.25) is 0 Å². The Labute approximate surface area is 104 Å². The molecule has 0 aromatic rings. The summed E-state index contributed by atoms with van der Waals surface area (Å²) in [5, 5.41) is 10.8. The molecule has 0 heterocycles. The Kier molecular flexibility index (Phi) is 2.81. The summed E-state index contributed by atoms with van der Waals surface area (Å²) < 4.78 is 0. The zero-order valence-electron chi connectivity index (χ0n) is 10.8. The maximum Gasteiger partial charge on any atom is 0.136 e. The van der Waals surface area contributed by atoms with Crippen molar-refractivity contribution in [3.05, 3.63) is 0 Å². The van der Waals surface area contributed by atoms with Crippen molar-refractivity contribution in [2.75, 3.05) is 0 Å². The Hall–Kier alpha value is -0.370. The lowest BCUT2D eigenvalue weighted by molar-refractivity contribution is -0.130. The number of fused-ring (bicyclic) bond motifs is 2. The second-order valence-electron chi connectivity index (χ2n) is 6.83. The first-order valence-electron chi connectivity index (χ1n) is 7.33. The molecule has 2 heteroatoms. The Morgan fingerprint density at radius 1 is 1.12 bits per heavy atom. The highest BCUT2D eigenvalue weighted by atomic mass is 16.3. The van der Waals surface area contributed by atoms with Crippen molar-refractivity contribution >= 4 is 5.78 Å². The highest BCUT2D eigenvalue weighted by molar-refractivity contribution is 5.82. The van der Waals surface area contributed by atoms with Gasteiger partial charge in [0.1, 0.15) is 5.78 Å². The standard InChI is InChI=1S/C15H24O2/c1-15(17)9-11-5-2-6-12(11)14(16)8-10-4-3-7-13(10)15/h10-13,17H,2-9H2,1H3/t10-,11-,12+,13+,15-/m1/s1. The zero-order valence-corrected chi connectivity index (χ0v) is 10.8. The van der Waals surface area contributed by atoms with E-state index in [1.54, 1.807) is 0 Å². The molecule has 3 aliphatic rings. The van der Waals surface area contributed by atoms with Crippen LogP contribution in [-0.2, 0) is 4.79 Å². The van der Waals surface area contributed by atoms with Crippen LogP contribution >= 0.6 is 0 Å². The van der Waals surface area contributed by atoms with Gasteiger partial charge < -0.3 is 5.11 Å². The number of carbonyl (C=O) groups is 1. The lowest BCUT2D eigenvalue weighted by Crippen LogP contribution is -2.43. The van der Waals surface area contributed by atoms with Crippen molar-refractivity contribution in [2.45, 2.75) is 63.9 Å². The molecular formula is C15H24O2. The molecule has 3 rings (SSSR count). The van der Waals surface area contributed by atoms with Crippen LogP contribution in [0.15, 0.2) is 0 Å². The van der Waals surface area contributed by atoms with Crippen LogP contribution in [0.5, 0.6) is 0 Å². The summed E-state index contributed by atoms with van der Waals surface area (Å²) in [6, 6.07) is 0. The van der Waals surface area contributed by atoms with Gasteiger partial charge >= 0.3 is 0 Å². The number of carbonyl (C=O) groups excluding carboxylic acids is 1. The van der Waals surface area contributed by atoms with Crippen LogP contribution in [0, 0.1) is 23.7 Å². The minimum absolute atomic E-state index is 0.281. The van der Waals surface area contributed by atoms with Crippen molar-refractivity contribution in [2.24, 2.45) is 23.7 Å². The van der Waals surface area contributed by atoms with Gasteiger partial charge in [-0.2, -0.15) is 0 Å². The van der Waals surface area contributed by atoms with Gasteiger partial charge in [-0.1, -0.05) is 12.8 Å². The molecule has 0 bridgehead atoms. The molecule has 0 saturated heterocycles. The van der Waals surface area contributed by atoms with Gasteiger partial charge in [0.15, 0.2) is 0 Å². The van der Waals surface area contributed by atoms with Gasteiger partial charge in [-0.25, -0.2) is 0 Å². The van der Waals surface area contributed by atoms with E-state index >= 15 is 0 Å². The number of rotatable bonds is 0. The Bertz CT molecular complexity index is 321. The summed E-state index contributed by atoms with van der Waals surface area (Å²) in [5.41, 5.74) is -0.519. The maximum absolute atomic E-state index is 12.3. The van der Waals surface area contributed by atoms with E-state index in [4.69, 9.17) is 0 Å². The molecular weight excluding hydrogens is 212 g/mol. The quantitative estimate of drug-likeness (QED) is 0.702. The fraction of sp³-hybridized carbons (Fsp3) is 0.933. The molecule has 3 aliphatic carbocycles. The number of aliphatic hydroxyl groups is 1. The van der Waals surface area contributed by atoms with Crippen LogP contribution in [0.25, 0.3) is 0 Å². The van der Waals surface area contributed by atoms with E-state index in [-0.39, 0.29) is 5.92 Å². The first-order valence-corrected chi connectivity index (χ1v) is 7.33. The lowest BCUT2D eigenvalue weighted by Gasteiger charge is -2.40. The maximum atomic E-state index is 12.3. The summed E-state index contributed by atoms with van der Waals surface area (Å²) in [5.74, 6) is 2.12. The van der Waals surface area contributed by atoms with Crippen molar-refractivity contribution in [1.82, 2.24) is 0 Å². The average molecular weight is 236 g/mol. The molecule has 0 aromatic heterocycles. The van der Waals surface area contributed by atoms with Crippen LogP contribution in [0.1, 0.15) is 58.3 Å². The van der Waals surface area contributed by atoms with Crippen molar-refractivity contribution in [3.8, 4) is 0 Å². The van der Waals surface area contributed by atoms with Crippen molar-refractivity contribution < 1.29 is 9.90 Å². The summed E-state index contributed by atoms with van der Waals surface area (Å²) in [7, 11) is 0. The Morgan fingerprint density at radius 3 is 2.65 bits per heavy atom. The van der Waals surface area contributed by atoms with E-state index < -0.39 is 5.60 Å². The first-order chi connectivity index (χ1) is 8.08. The molecule has 17 heavy (non-hydrogen) atoms. The van der Waals surface area contributed by atoms with Crippen LogP contribution < -0.4 is 0 Å². The molecule has 0 spiro atoms. The van der Waals surface area contributed by atoms with Crippen LogP contribution in [0.2, 0.25) is 0 Å². The molecule has 3 saturated carbocycles. The topological polar surface area (TPSA) is 37.3 Å². The van der Waals surface area contributed by atoms with Gasteiger partial charge in [0.25, 0.3) is 0 Å². The molecule has 2 nitrogen and oxygen atoms in total. The molecule has 0 amide bonds. The molecule has 3 fully saturated rings.